The summed E-state index contributed by atoms with van der Waals surface area (Å²) in [5, 5.41) is 6.06. The fourth-order valence-electron chi connectivity index (χ4n) is 1.43. The lowest BCUT2D eigenvalue weighted by molar-refractivity contribution is -0.119. The van der Waals surface area contributed by atoms with Crippen molar-refractivity contribution in [3.05, 3.63) is 45.2 Å². The number of hydrogen-bond donors (Lipinski definition) is 1. The molecule has 0 saturated heterocycles. The summed E-state index contributed by atoms with van der Waals surface area (Å²) in [5.74, 6) is -0.814. The molecule has 0 radical (unpaired) electrons. The Balaban J connectivity index is 1.85. The Hall–Kier alpha value is -1.90. The lowest BCUT2D eigenvalue weighted by atomic mass is 10.2. The van der Waals surface area contributed by atoms with Crippen molar-refractivity contribution in [1.82, 2.24) is 5.16 Å². The zero-order valence-electron chi connectivity index (χ0n) is 10.6. The molecule has 0 atom stereocenters. The molecule has 1 aromatic heterocycles. The molecule has 0 aliphatic carbocycles. The van der Waals surface area contributed by atoms with Gasteiger partial charge in [0.05, 0.1) is 11.3 Å². The summed E-state index contributed by atoms with van der Waals surface area (Å²) >= 11 is 2.09. The van der Waals surface area contributed by atoms with Crippen LogP contribution in [0.2, 0.25) is 0 Å². The molecule has 6 nitrogen and oxygen atoms in total. The normalized spacial score (nSPS) is 10.1. The van der Waals surface area contributed by atoms with Crippen LogP contribution >= 0.6 is 22.6 Å². The van der Waals surface area contributed by atoms with E-state index < -0.39 is 11.9 Å². The fraction of sp³-hybridized carbons (Fsp3) is 0.154. The number of nitrogens with one attached hydrogen (secondary N) is 1. The number of anilines is 1. The zero-order chi connectivity index (χ0) is 14.5. The molecular weight excluding hydrogens is 375 g/mol. The largest absolute Gasteiger partial charge is 0.452 e. The number of aromatic nitrogens is 1. The number of halogens is 1. The molecule has 7 heteroatoms. The van der Waals surface area contributed by atoms with E-state index in [4.69, 9.17) is 9.26 Å². The van der Waals surface area contributed by atoms with Gasteiger partial charge in [-0.3, -0.25) is 10.1 Å². The number of carbonyl (C=O) groups excluding carboxylic acids is 2. The van der Waals surface area contributed by atoms with E-state index >= 15 is 0 Å². The number of amides is 1. The van der Waals surface area contributed by atoms with Crippen LogP contribution in [0.25, 0.3) is 0 Å². The van der Waals surface area contributed by atoms with Crippen molar-refractivity contribution in [3.8, 4) is 0 Å². The maximum atomic E-state index is 11.7. The number of rotatable bonds is 4. The van der Waals surface area contributed by atoms with Crippen LogP contribution in [0.4, 0.5) is 5.88 Å². The summed E-state index contributed by atoms with van der Waals surface area (Å²) in [7, 11) is 0. The van der Waals surface area contributed by atoms with Crippen LogP contribution in [-0.2, 0) is 9.53 Å². The van der Waals surface area contributed by atoms with E-state index in [9.17, 15) is 9.59 Å². The maximum absolute atomic E-state index is 11.7. The van der Waals surface area contributed by atoms with Crippen LogP contribution in [-0.4, -0.2) is 23.6 Å². The second-order valence-electron chi connectivity index (χ2n) is 3.97. The van der Waals surface area contributed by atoms with Gasteiger partial charge in [-0.1, -0.05) is 11.2 Å². The predicted molar refractivity (Wildman–Crippen MR) is 79.3 cm³/mol. The Morgan fingerprint density at radius 3 is 2.85 bits per heavy atom. The molecule has 0 aliphatic heterocycles. The van der Waals surface area contributed by atoms with Crippen molar-refractivity contribution in [1.29, 1.82) is 0 Å². The van der Waals surface area contributed by atoms with Gasteiger partial charge in [0, 0.05) is 9.64 Å². The maximum Gasteiger partial charge on any atom is 0.338 e. The summed E-state index contributed by atoms with van der Waals surface area (Å²) < 4.78 is 10.6. The third kappa shape index (κ3) is 4.05. The van der Waals surface area contributed by atoms with Gasteiger partial charge in [0.25, 0.3) is 5.91 Å². The molecule has 1 aromatic carbocycles. The smallest absolute Gasteiger partial charge is 0.338 e. The minimum atomic E-state index is -0.549. The monoisotopic (exact) mass is 386 g/mol. The number of ether oxygens (including phenoxy) is 1. The molecule has 1 amide bonds. The van der Waals surface area contributed by atoms with Crippen molar-refractivity contribution in [2.45, 2.75) is 6.92 Å². The Morgan fingerprint density at radius 2 is 2.20 bits per heavy atom. The van der Waals surface area contributed by atoms with Crippen LogP contribution in [0.1, 0.15) is 16.1 Å². The van der Waals surface area contributed by atoms with Crippen LogP contribution in [0.3, 0.4) is 0 Å². The van der Waals surface area contributed by atoms with Crippen LogP contribution in [0, 0.1) is 10.5 Å². The summed E-state index contributed by atoms with van der Waals surface area (Å²) in [6, 6.07) is 8.48. The number of nitrogens with zero attached hydrogens (tertiary/aromatic N) is 1. The van der Waals surface area contributed by atoms with Crippen LogP contribution in [0.5, 0.6) is 0 Å². The highest BCUT2D eigenvalue weighted by Crippen LogP contribution is 2.10. The molecule has 0 bridgehead atoms. The number of benzene rings is 1. The van der Waals surface area contributed by atoms with E-state index in [0.29, 0.717) is 11.3 Å². The molecule has 1 N–H and O–H groups in total. The molecule has 0 fully saturated rings. The second kappa shape index (κ2) is 6.51. The van der Waals surface area contributed by atoms with Crippen molar-refractivity contribution in [2.75, 3.05) is 11.9 Å². The average Bonchev–Trinajstić information content (AvgIpc) is 2.81. The number of aryl methyl sites for hydroxylation is 1. The van der Waals surface area contributed by atoms with Gasteiger partial charge in [-0.15, -0.1) is 0 Å². The minimum Gasteiger partial charge on any atom is -0.452 e. The Morgan fingerprint density at radius 1 is 1.40 bits per heavy atom. The third-order valence-electron chi connectivity index (χ3n) is 2.29. The van der Waals surface area contributed by atoms with E-state index in [1.807, 2.05) is 6.07 Å². The summed E-state index contributed by atoms with van der Waals surface area (Å²) in [5.41, 5.74) is 1.05. The Bertz CT molecular complexity index is 639. The summed E-state index contributed by atoms with van der Waals surface area (Å²) in [6.45, 7) is 1.35. The number of carbonyl (C=O) groups is 2. The quantitative estimate of drug-likeness (QED) is 0.645. The highest BCUT2D eigenvalue weighted by Gasteiger charge is 2.12. The van der Waals surface area contributed by atoms with Crippen molar-refractivity contribution in [3.63, 3.8) is 0 Å². The SMILES string of the molecule is Cc1cc(NC(=O)COC(=O)c2cccc(I)c2)on1. The molecule has 20 heavy (non-hydrogen) atoms. The van der Waals surface area contributed by atoms with E-state index in [2.05, 4.69) is 33.1 Å². The summed E-state index contributed by atoms with van der Waals surface area (Å²) in [4.78, 5) is 23.3. The fourth-order valence-corrected chi connectivity index (χ4v) is 1.97. The lowest BCUT2D eigenvalue weighted by Gasteiger charge is -2.04. The zero-order valence-corrected chi connectivity index (χ0v) is 12.7. The van der Waals surface area contributed by atoms with E-state index in [-0.39, 0.29) is 12.5 Å². The van der Waals surface area contributed by atoms with Crippen molar-refractivity contribution < 1.29 is 18.8 Å². The van der Waals surface area contributed by atoms with Crippen molar-refractivity contribution >= 4 is 40.4 Å². The number of esters is 1. The van der Waals surface area contributed by atoms with E-state index in [1.54, 1.807) is 31.2 Å². The first kappa shape index (κ1) is 14.5. The average molecular weight is 386 g/mol. The summed E-state index contributed by atoms with van der Waals surface area (Å²) in [6.07, 6.45) is 0. The molecule has 104 valence electrons. The van der Waals surface area contributed by atoms with Gasteiger partial charge < -0.3 is 9.26 Å². The van der Waals surface area contributed by atoms with E-state index in [0.717, 1.165) is 3.57 Å². The van der Waals surface area contributed by atoms with Gasteiger partial charge in [-0.25, -0.2) is 4.79 Å². The third-order valence-corrected chi connectivity index (χ3v) is 2.96. The number of hydrogen-bond acceptors (Lipinski definition) is 5. The van der Waals surface area contributed by atoms with Gasteiger partial charge in [0.15, 0.2) is 6.61 Å². The topological polar surface area (TPSA) is 81.4 Å². The molecule has 2 rings (SSSR count). The predicted octanol–water partition coefficient (Wildman–Crippen LogP) is 2.38. The first-order chi connectivity index (χ1) is 9.54. The van der Waals surface area contributed by atoms with Gasteiger partial charge >= 0.3 is 5.97 Å². The first-order valence-electron chi connectivity index (χ1n) is 5.70. The molecule has 2 aromatic rings. The van der Waals surface area contributed by atoms with Crippen LogP contribution < -0.4 is 5.32 Å². The molecule has 0 saturated carbocycles. The van der Waals surface area contributed by atoms with Gasteiger partial charge in [-0.2, -0.15) is 0 Å². The Kier molecular flexibility index (Phi) is 4.72. The minimum absolute atomic E-state index is 0.220. The molecule has 0 spiro atoms. The van der Waals surface area contributed by atoms with Gasteiger partial charge in [0.2, 0.25) is 5.88 Å². The lowest BCUT2D eigenvalue weighted by Crippen LogP contribution is -2.20. The molecule has 0 aliphatic rings. The van der Waals surface area contributed by atoms with E-state index in [1.165, 1.54) is 0 Å². The highest BCUT2D eigenvalue weighted by atomic mass is 127. The van der Waals surface area contributed by atoms with Gasteiger partial charge in [-0.05, 0) is 47.7 Å². The molecule has 1 heterocycles. The Labute approximate surface area is 128 Å². The second-order valence-corrected chi connectivity index (χ2v) is 5.21. The van der Waals surface area contributed by atoms with Crippen LogP contribution in [0.15, 0.2) is 34.9 Å². The highest BCUT2D eigenvalue weighted by molar-refractivity contribution is 14.1. The standard InChI is InChI=1S/C13H11IN2O4/c1-8-5-12(20-16-8)15-11(17)7-19-13(18)9-3-2-4-10(14)6-9/h2-6H,7H2,1H3,(H,15,17). The molecule has 0 unspecified atom stereocenters. The van der Waals surface area contributed by atoms with Gasteiger partial charge in [0.1, 0.15) is 0 Å². The first-order valence-corrected chi connectivity index (χ1v) is 6.78. The molecular formula is C13H11IN2O4. The van der Waals surface area contributed by atoms with Crippen molar-refractivity contribution in [2.24, 2.45) is 0 Å².